The molecule has 0 spiro atoms. The van der Waals surface area contributed by atoms with Gasteiger partial charge in [0.05, 0.1) is 21.1 Å². The van der Waals surface area contributed by atoms with E-state index in [4.69, 9.17) is 4.74 Å². The van der Waals surface area contributed by atoms with Crippen molar-refractivity contribution >= 4 is 13.8 Å². The van der Waals surface area contributed by atoms with Crippen LogP contribution in [0.4, 0.5) is 25.2 Å². The quantitative estimate of drug-likeness (QED) is 0.272. The van der Waals surface area contributed by atoms with Gasteiger partial charge in [-0.2, -0.15) is 0 Å². The Morgan fingerprint density at radius 2 is 1.52 bits per heavy atom. The zero-order valence-electron chi connectivity index (χ0n) is 12.1. The minimum absolute atomic E-state index is 0.0290. The predicted molar refractivity (Wildman–Crippen MR) is 68.2 cm³/mol. The number of nitrogens with zero attached hydrogens (tertiary/aromatic N) is 1. The first-order valence-corrected chi connectivity index (χ1v) is 7.58. The Morgan fingerprint density at radius 1 is 1.19 bits per heavy atom. The van der Waals surface area contributed by atoms with E-state index in [2.05, 4.69) is 6.58 Å². The van der Waals surface area contributed by atoms with E-state index in [0.29, 0.717) is 16.6 Å². The van der Waals surface area contributed by atoms with Gasteiger partial charge in [0, 0.05) is 5.57 Å². The minimum atomic E-state index is -10.7. The third-order valence-electron chi connectivity index (χ3n) is 1.51. The van der Waals surface area contributed by atoms with Crippen molar-refractivity contribution in [1.82, 2.24) is 0 Å². The van der Waals surface area contributed by atoms with Gasteiger partial charge < -0.3 is 14.3 Å². The van der Waals surface area contributed by atoms with Crippen LogP contribution in [-0.2, 0) is 9.53 Å². The number of rotatable bonds is 5. The van der Waals surface area contributed by atoms with Gasteiger partial charge in [0.2, 0.25) is 0 Å². The summed E-state index contributed by atoms with van der Waals surface area (Å²) in [4.78, 5) is 11.0. The molecule has 0 aliphatic carbocycles. The number of halogens is 6. The van der Waals surface area contributed by atoms with Gasteiger partial charge in [-0.25, -0.2) is 4.79 Å². The number of carbonyl (C=O) groups excluding carboxylic acids is 1. The molecular formula is C10H20F6NO3P. The van der Waals surface area contributed by atoms with Crippen LogP contribution in [0.1, 0.15) is 6.92 Å². The molecule has 0 heterocycles. The van der Waals surface area contributed by atoms with Gasteiger partial charge in [-0.3, -0.25) is 0 Å². The van der Waals surface area contributed by atoms with E-state index in [0.717, 1.165) is 0 Å². The van der Waals surface area contributed by atoms with Gasteiger partial charge in [-0.05, 0) is 6.92 Å². The van der Waals surface area contributed by atoms with Crippen molar-refractivity contribution in [2.75, 3.05) is 34.3 Å². The zero-order chi connectivity index (χ0) is 17.8. The summed E-state index contributed by atoms with van der Waals surface area (Å²) >= 11 is 0. The van der Waals surface area contributed by atoms with Crippen LogP contribution in [-0.4, -0.2) is 56.0 Å². The average Bonchev–Trinajstić information content (AvgIpc) is 2.05. The summed E-state index contributed by atoms with van der Waals surface area (Å²) in [6.07, 6.45) is -0.627. The summed E-state index contributed by atoms with van der Waals surface area (Å²) < 4.78 is 64.6. The molecule has 21 heavy (non-hydrogen) atoms. The molecule has 1 unspecified atom stereocenters. The van der Waals surface area contributed by atoms with Crippen molar-refractivity contribution in [3.8, 4) is 0 Å². The number of hydrogen-bond donors (Lipinski definition) is 1. The van der Waals surface area contributed by atoms with Crippen LogP contribution in [0, 0.1) is 0 Å². The Balaban J connectivity index is 0. The fourth-order valence-electron chi connectivity index (χ4n) is 0.980. The molecule has 0 aromatic carbocycles. The molecular weight excluding hydrogens is 327 g/mol. The summed E-state index contributed by atoms with van der Waals surface area (Å²) in [5.74, 6) is -0.453. The Bertz CT molecular complexity index is 375. The van der Waals surface area contributed by atoms with E-state index >= 15 is 0 Å². The topological polar surface area (TPSA) is 46.5 Å². The van der Waals surface area contributed by atoms with Gasteiger partial charge >= 0.3 is 39.0 Å². The van der Waals surface area contributed by atoms with E-state index in [9.17, 15) is 35.1 Å². The van der Waals surface area contributed by atoms with Gasteiger partial charge in [-0.15, -0.1) is 0 Å². The first kappa shape index (κ1) is 22.4. The standard InChI is InChI=1S/C10H20NO3.F6P/c1-8(2)10(13)14-7-9(12)6-11(3,4)5;1-7(2,3,4,5)6/h9,12H,1,6-7H2,2-5H3;/q+1;-1. The van der Waals surface area contributed by atoms with E-state index in [1.165, 1.54) is 0 Å². The predicted octanol–water partition coefficient (Wildman–Crippen LogP) is 3.56. The Labute approximate surface area is 118 Å². The van der Waals surface area contributed by atoms with Crippen LogP contribution in [0.15, 0.2) is 12.2 Å². The molecule has 0 aliphatic rings. The third-order valence-corrected chi connectivity index (χ3v) is 1.51. The number of carbonyl (C=O) groups is 1. The van der Waals surface area contributed by atoms with Crippen LogP contribution in [0.2, 0.25) is 0 Å². The molecule has 0 saturated carbocycles. The van der Waals surface area contributed by atoms with E-state index in [1.54, 1.807) is 6.92 Å². The molecule has 130 valence electrons. The molecule has 1 atom stereocenters. The Kier molecular flexibility index (Phi) is 6.51. The van der Waals surface area contributed by atoms with Crippen LogP contribution >= 0.6 is 7.81 Å². The summed E-state index contributed by atoms with van der Waals surface area (Å²) in [6.45, 7) is 5.60. The summed E-state index contributed by atoms with van der Waals surface area (Å²) in [5.41, 5.74) is 0.349. The average molecular weight is 347 g/mol. The molecule has 0 aliphatic heterocycles. The SMILES string of the molecule is C=C(C)C(=O)OCC(O)C[N+](C)(C)C.F[P-](F)(F)(F)(F)F. The fraction of sp³-hybridized carbons (Fsp3) is 0.700. The monoisotopic (exact) mass is 347 g/mol. The van der Waals surface area contributed by atoms with Gasteiger partial charge in [-0.1, -0.05) is 6.58 Å². The van der Waals surface area contributed by atoms with E-state index < -0.39 is 19.9 Å². The van der Waals surface area contributed by atoms with Crippen LogP contribution in [0.25, 0.3) is 0 Å². The second-order valence-electron chi connectivity index (χ2n) is 5.46. The molecule has 0 aromatic heterocycles. The Hall–Kier alpha value is -0.860. The maximum absolute atomic E-state index is 11.0. The number of aliphatic hydroxyl groups excluding tert-OH is 1. The van der Waals surface area contributed by atoms with Gasteiger partial charge in [0.1, 0.15) is 19.3 Å². The molecule has 0 rings (SSSR count). The summed E-state index contributed by atoms with van der Waals surface area (Å²) in [6, 6.07) is 0. The van der Waals surface area contributed by atoms with Gasteiger partial charge in [0.15, 0.2) is 0 Å². The van der Waals surface area contributed by atoms with Gasteiger partial charge in [0.25, 0.3) is 0 Å². The number of quaternary nitrogens is 1. The van der Waals surface area contributed by atoms with Crippen LogP contribution in [0.5, 0.6) is 0 Å². The first-order chi connectivity index (χ1) is 8.67. The summed E-state index contributed by atoms with van der Waals surface area (Å²) in [5, 5.41) is 9.49. The molecule has 0 fully saturated rings. The molecule has 0 bridgehead atoms. The molecule has 4 nitrogen and oxygen atoms in total. The Morgan fingerprint density at radius 3 is 1.76 bits per heavy atom. The van der Waals surface area contributed by atoms with Crippen molar-refractivity contribution in [1.29, 1.82) is 0 Å². The number of ether oxygens (including phenoxy) is 1. The third kappa shape index (κ3) is 32.6. The normalized spacial score (nSPS) is 16.7. The second-order valence-corrected chi connectivity index (χ2v) is 7.38. The van der Waals surface area contributed by atoms with E-state index in [-0.39, 0.29) is 6.61 Å². The molecule has 0 aromatic rings. The van der Waals surface area contributed by atoms with E-state index in [1.807, 2.05) is 21.1 Å². The molecule has 0 amide bonds. The molecule has 0 radical (unpaired) electrons. The first-order valence-electron chi connectivity index (χ1n) is 5.55. The number of esters is 1. The van der Waals surface area contributed by atoms with Crippen molar-refractivity contribution in [2.45, 2.75) is 13.0 Å². The van der Waals surface area contributed by atoms with Crippen LogP contribution < -0.4 is 0 Å². The zero-order valence-corrected chi connectivity index (χ0v) is 13.0. The van der Waals surface area contributed by atoms with Crippen molar-refractivity contribution in [3.63, 3.8) is 0 Å². The van der Waals surface area contributed by atoms with Crippen molar-refractivity contribution in [3.05, 3.63) is 12.2 Å². The van der Waals surface area contributed by atoms with Crippen LogP contribution in [0.3, 0.4) is 0 Å². The number of hydrogen-bond acceptors (Lipinski definition) is 3. The molecule has 0 saturated heterocycles. The summed E-state index contributed by atoms with van der Waals surface area (Å²) in [7, 11) is -4.77. The maximum atomic E-state index is 11.0. The number of aliphatic hydroxyl groups is 1. The number of likely N-dealkylation sites (N-methyl/N-ethyl adjacent to an activating group) is 1. The molecule has 1 N–H and O–H groups in total. The van der Waals surface area contributed by atoms with Crippen molar-refractivity contribution in [2.24, 2.45) is 0 Å². The molecule has 11 heteroatoms. The van der Waals surface area contributed by atoms with Crippen molar-refractivity contribution < 1.29 is 44.3 Å². The second kappa shape index (κ2) is 6.10. The fourth-order valence-corrected chi connectivity index (χ4v) is 0.980.